The van der Waals surface area contributed by atoms with Gasteiger partial charge < -0.3 is 0 Å². The predicted molar refractivity (Wildman–Crippen MR) is 110 cm³/mol. The Balaban J connectivity index is 1.69. The van der Waals surface area contributed by atoms with Crippen molar-refractivity contribution in [2.24, 2.45) is 0 Å². The summed E-state index contributed by atoms with van der Waals surface area (Å²) in [6.45, 7) is 4.04. The van der Waals surface area contributed by atoms with Crippen LogP contribution in [0.3, 0.4) is 0 Å². The number of anilines is 1. The lowest BCUT2D eigenvalue weighted by Gasteiger charge is -2.33. The van der Waals surface area contributed by atoms with Gasteiger partial charge in [-0.15, -0.1) is 10.2 Å². The Bertz CT molecular complexity index is 686. The number of thioether (sulfide) groups is 1. The van der Waals surface area contributed by atoms with Crippen LogP contribution < -0.4 is 5.32 Å². The van der Waals surface area contributed by atoms with Gasteiger partial charge in [0.15, 0.2) is 0 Å². The van der Waals surface area contributed by atoms with E-state index in [9.17, 15) is 4.79 Å². The minimum Gasteiger partial charge on any atom is -0.299 e. The van der Waals surface area contributed by atoms with E-state index in [1.807, 2.05) is 42.1 Å². The number of benzene rings is 1. The molecule has 0 radical (unpaired) electrons. The van der Waals surface area contributed by atoms with E-state index in [4.69, 9.17) is 0 Å². The summed E-state index contributed by atoms with van der Waals surface area (Å²) in [6.07, 6.45) is 4.45. The number of rotatable bonds is 8. The average Bonchev–Trinajstić information content (AvgIpc) is 3.11. The highest BCUT2D eigenvalue weighted by molar-refractivity contribution is 7.99. The Labute approximate surface area is 163 Å². The summed E-state index contributed by atoms with van der Waals surface area (Å²) in [5, 5.41) is 13.0. The first kappa shape index (κ1) is 19.3. The third-order valence-electron chi connectivity index (χ3n) is 4.47. The second kappa shape index (κ2) is 10.0. The van der Waals surface area contributed by atoms with E-state index < -0.39 is 0 Å². The zero-order valence-electron chi connectivity index (χ0n) is 15.2. The summed E-state index contributed by atoms with van der Waals surface area (Å²) in [4.78, 5) is 15.3. The molecule has 140 valence electrons. The van der Waals surface area contributed by atoms with E-state index in [1.54, 1.807) is 0 Å². The molecule has 0 bridgehead atoms. The van der Waals surface area contributed by atoms with Crippen LogP contribution in [0.15, 0.2) is 30.3 Å². The summed E-state index contributed by atoms with van der Waals surface area (Å²) in [5.41, 5.74) is 1.03. The molecule has 1 aliphatic rings. The number of amides is 1. The molecule has 3 rings (SSSR count). The van der Waals surface area contributed by atoms with Crippen molar-refractivity contribution < 1.29 is 4.79 Å². The molecule has 0 spiro atoms. The molecule has 1 atom stereocenters. The predicted octanol–water partition coefficient (Wildman–Crippen LogP) is 4.00. The highest BCUT2D eigenvalue weighted by Crippen LogP contribution is 2.27. The van der Waals surface area contributed by atoms with Crippen LogP contribution in [0.1, 0.15) is 42.8 Å². The van der Waals surface area contributed by atoms with Gasteiger partial charge in [-0.1, -0.05) is 61.4 Å². The Morgan fingerprint density at radius 1 is 1.19 bits per heavy atom. The third-order valence-corrected chi connectivity index (χ3v) is 6.31. The van der Waals surface area contributed by atoms with Crippen LogP contribution in [0, 0.1) is 0 Å². The lowest BCUT2D eigenvalue weighted by molar-refractivity contribution is -0.121. The monoisotopic (exact) mass is 390 g/mol. The first-order valence-electron chi connectivity index (χ1n) is 9.28. The van der Waals surface area contributed by atoms with Crippen molar-refractivity contribution in [3.8, 4) is 0 Å². The maximum Gasteiger partial charge on any atom is 0.248 e. The van der Waals surface area contributed by atoms with Gasteiger partial charge in [0.05, 0.1) is 0 Å². The second-order valence-corrected chi connectivity index (χ2v) is 8.70. The summed E-state index contributed by atoms with van der Waals surface area (Å²) in [6, 6.07) is 9.75. The fourth-order valence-corrected chi connectivity index (χ4v) is 4.82. The van der Waals surface area contributed by atoms with Gasteiger partial charge in [0.2, 0.25) is 11.0 Å². The third kappa shape index (κ3) is 5.28. The molecule has 1 aliphatic heterocycles. The van der Waals surface area contributed by atoms with Gasteiger partial charge in [0.25, 0.3) is 0 Å². The summed E-state index contributed by atoms with van der Waals surface area (Å²) in [7, 11) is 0. The van der Waals surface area contributed by atoms with Crippen molar-refractivity contribution >= 4 is 34.1 Å². The number of carbonyl (C=O) groups excluding carboxylic acids is 1. The summed E-state index contributed by atoms with van der Waals surface area (Å²) in [5.74, 6) is 2.12. The van der Waals surface area contributed by atoms with Crippen LogP contribution >= 0.6 is 23.1 Å². The average molecular weight is 391 g/mol. The van der Waals surface area contributed by atoms with E-state index >= 15 is 0 Å². The number of hydrogen-bond acceptors (Lipinski definition) is 6. The molecule has 2 heterocycles. The van der Waals surface area contributed by atoms with Gasteiger partial charge in [0.1, 0.15) is 11.0 Å². The zero-order valence-corrected chi connectivity index (χ0v) is 16.8. The topological polar surface area (TPSA) is 58.1 Å². The molecule has 5 nitrogen and oxygen atoms in total. The number of nitrogens with zero attached hydrogens (tertiary/aromatic N) is 3. The molecule has 1 N–H and O–H groups in total. The molecule has 1 amide bonds. The van der Waals surface area contributed by atoms with Crippen molar-refractivity contribution in [1.82, 2.24) is 15.1 Å². The van der Waals surface area contributed by atoms with Gasteiger partial charge in [0, 0.05) is 31.0 Å². The van der Waals surface area contributed by atoms with Crippen LogP contribution in [0.4, 0.5) is 5.13 Å². The minimum absolute atomic E-state index is 0.0145. The highest BCUT2D eigenvalue weighted by atomic mass is 32.2. The molecule has 2 aromatic rings. The molecule has 1 aromatic carbocycles. The molecule has 1 aromatic heterocycles. The van der Waals surface area contributed by atoms with Gasteiger partial charge in [-0.05, 0) is 12.0 Å². The van der Waals surface area contributed by atoms with Crippen molar-refractivity contribution in [1.29, 1.82) is 0 Å². The SMILES string of the molecule is CCCCCc1nnc(NC(=O)C(c2ccccc2)N2CCSCC2)s1. The first-order chi connectivity index (χ1) is 12.8. The normalized spacial score (nSPS) is 16.3. The van der Waals surface area contributed by atoms with E-state index in [2.05, 4.69) is 27.3 Å². The Hall–Kier alpha value is -1.44. The maximum atomic E-state index is 13.1. The van der Waals surface area contributed by atoms with Crippen LogP contribution in [0.2, 0.25) is 0 Å². The lowest BCUT2D eigenvalue weighted by atomic mass is 10.0. The molecule has 1 fully saturated rings. The number of carbonyl (C=O) groups is 1. The number of unbranched alkanes of at least 4 members (excludes halogenated alkanes) is 2. The highest BCUT2D eigenvalue weighted by Gasteiger charge is 2.29. The number of nitrogens with one attached hydrogen (secondary N) is 1. The number of aromatic nitrogens is 2. The molecule has 1 unspecified atom stereocenters. The van der Waals surface area contributed by atoms with Crippen molar-refractivity contribution in [2.75, 3.05) is 29.9 Å². The fraction of sp³-hybridized carbons (Fsp3) is 0.526. The van der Waals surface area contributed by atoms with E-state index in [-0.39, 0.29) is 11.9 Å². The standard InChI is InChI=1S/C19H26N4OS2/c1-2-3-5-10-16-21-22-19(26-16)20-18(24)17(15-8-6-4-7-9-15)23-11-13-25-14-12-23/h4,6-9,17H,2-3,5,10-14H2,1H3,(H,20,22,24). The van der Waals surface area contributed by atoms with E-state index in [1.165, 1.54) is 24.2 Å². The molecule has 0 saturated carbocycles. The molecule has 7 heteroatoms. The van der Waals surface area contributed by atoms with Gasteiger partial charge in [-0.25, -0.2) is 0 Å². The Morgan fingerprint density at radius 2 is 1.96 bits per heavy atom. The Kier molecular flexibility index (Phi) is 7.46. The van der Waals surface area contributed by atoms with E-state index in [0.717, 1.165) is 48.0 Å². The fourth-order valence-electron chi connectivity index (χ4n) is 3.10. The van der Waals surface area contributed by atoms with Crippen LogP contribution in [0.25, 0.3) is 0 Å². The van der Waals surface area contributed by atoms with Crippen molar-refractivity contribution in [3.05, 3.63) is 40.9 Å². The molecule has 0 aliphatic carbocycles. The number of aryl methyl sites for hydroxylation is 1. The lowest BCUT2D eigenvalue weighted by Crippen LogP contribution is -2.41. The van der Waals surface area contributed by atoms with Crippen LogP contribution in [-0.4, -0.2) is 45.6 Å². The summed E-state index contributed by atoms with van der Waals surface area (Å²) >= 11 is 3.44. The van der Waals surface area contributed by atoms with Gasteiger partial charge in [-0.3, -0.25) is 15.0 Å². The zero-order chi connectivity index (χ0) is 18.2. The van der Waals surface area contributed by atoms with Gasteiger partial charge in [-0.2, -0.15) is 11.8 Å². The minimum atomic E-state index is -0.274. The van der Waals surface area contributed by atoms with Crippen molar-refractivity contribution in [2.45, 2.75) is 38.6 Å². The van der Waals surface area contributed by atoms with Crippen LogP contribution in [0.5, 0.6) is 0 Å². The number of hydrogen-bond donors (Lipinski definition) is 1. The largest absolute Gasteiger partial charge is 0.299 e. The van der Waals surface area contributed by atoms with Gasteiger partial charge >= 0.3 is 0 Å². The molecule has 26 heavy (non-hydrogen) atoms. The van der Waals surface area contributed by atoms with Crippen LogP contribution in [-0.2, 0) is 11.2 Å². The molecular weight excluding hydrogens is 364 g/mol. The van der Waals surface area contributed by atoms with E-state index in [0.29, 0.717) is 5.13 Å². The Morgan fingerprint density at radius 3 is 2.69 bits per heavy atom. The second-order valence-electron chi connectivity index (χ2n) is 6.41. The maximum absolute atomic E-state index is 13.1. The first-order valence-corrected chi connectivity index (χ1v) is 11.2. The molecular formula is C19H26N4OS2. The molecule has 1 saturated heterocycles. The summed E-state index contributed by atoms with van der Waals surface area (Å²) < 4.78 is 0. The quantitative estimate of drug-likeness (QED) is 0.691. The van der Waals surface area contributed by atoms with Crippen molar-refractivity contribution in [3.63, 3.8) is 0 Å². The smallest absolute Gasteiger partial charge is 0.248 e.